The summed E-state index contributed by atoms with van der Waals surface area (Å²) in [5, 5.41) is 0. The summed E-state index contributed by atoms with van der Waals surface area (Å²) in [6.07, 6.45) is 87.9. The van der Waals surface area contributed by atoms with Gasteiger partial charge in [0.1, 0.15) is 0 Å². The van der Waals surface area contributed by atoms with Crippen LogP contribution in [-0.2, 0) is 38.5 Å². The van der Waals surface area contributed by atoms with E-state index < -0.39 is 0 Å². The summed E-state index contributed by atoms with van der Waals surface area (Å²) in [5.74, 6) is 0. The van der Waals surface area contributed by atoms with E-state index in [1.54, 1.807) is 0 Å². The number of benzene rings is 13. The lowest BCUT2D eigenvalue weighted by Gasteiger charge is -2.29. The number of rotatable bonds is 78. The van der Waals surface area contributed by atoms with Crippen LogP contribution in [0, 0.1) is 0 Å². The molecule has 0 aliphatic carbocycles. The third-order valence-corrected chi connectivity index (χ3v) is 33.2. The second-order valence-corrected chi connectivity index (χ2v) is 45.5. The Hall–Kier alpha value is -10.1. The summed E-state index contributed by atoms with van der Waals surface area (Å²) in [4.78, 5) is 0. The van der Waals surface area contributed by atoms with Crippen molar-refractivity contribution < 1.29 is 0 Å². The Morgan fingerprint density at radius 3 is 0.247 bits per heavy atom. The summed E-state index contributed by atoms with van der Waals surface area (Å²) in [6, 6.07) is 117. The standard InChI is InChI=1S/C150H198/c1-7-13-19-25-31-37-43-49-55-61-67-121-73-85-127(86-74-121)133-97-109-139(110-98-133)145-146(140-111-99-134(100-112-140)128-87-75-122(76-88-128)68-62-56-50-44-38-32-26-20-14-8-2)148(142-115-103-136(104-116-142)130-91-79-124(80-92-130)70-64-58-52-46-40-34-28-22-16-10-4)150(144-119-107-138(108-120-144)132-95-83-126(84-96-132)72-66-60-54-48-42-36-30-24-18-12-6)149(143-117-105-137(106-118-143)131-93-81-125(82-94-131)71-65-59-53-47-41-35-29-23-17-11-5)147(145)141-113-101-135(102-114-141)129-89-77-123(78-90-129)69-63-57-51-45-39-33-27-21-15-9-3/h73-120H,7-72H2,1-6H3. The molecule has 13 aromatic rings. The lowest BCUT2D eigenvalue weighted by atomic mass is 9.73. The van der Waals surface area contributed by atoms with Crippen LogP contribution in [0.1, 0.15) is 460 Å². The van der Waals surface area contributed by atoms with Crippen molar-refractivity contribution in [3.63, 3.8) is 0 Å². The minimum Gasteiger partial charge on any atom is -0.0654 e. The van der Waals surface area contributed by atoms with Crippen molar-refractivity contribution in [2.45, 2.75) is 465 Å². The van der Waals surface area contributed by atoms with Gasteiger partial charge in [0.05, 0.1) is 0 Å². The predicted octanol–water partition coefficient (Wildman–Crippen LogP) is 48.5. The van der Waals surface area contributed by atoms with E-state index in [9.17, 15) is 0 Å². The fourth-order valence-electron chi connectivity index (χ4n) is 23.5. The summed E-state index contributed by atoms with van der Waals surface area (Å²) in [6.45, 7) is 13.9. The van der Waals surface area contributed by atoms with Crippen LogP contribution >= 0.6 is 0 Å². The summed E-state index contributed by atoms with van der Waals surface area (Å²) in [7, 11) is 0. The largest absolute Gasteiger partial charge is 0.0654 e. The SMILES string of the molecule is CCCCCCCCCCCCc1ccc(-c2ccc(-c3c(-c4ccc(-c5ccc(CCCCCCCCCCCC)cc5)cc4)c(-c4ccc(-c5ccc(CCCCCCCCCCCC)cc5)cc4)c(-c4ccc(-c5ccc(CCCCCCCCCCCC)cc5)cc4)c(-c4ccc(-c5ccc(CCCCCCCCCCCC)cc5)cc4)c3-c3ccc(-c4ccc(CCCCCCCCCCCC)cc4)cc3)cc2)cc1. The molecule has 0 N–H and O–H groups in total. The van der Waals surface area contributed by atoms with E-state index in [2.05, 4.69) is 333 Å². The van der Waals surface area contributed by atoms with Crippen molar-refractivity contribution in [1.82, 2.24) is 0 Å². The summed E-state index contributed by atoms with van der Waals surface area (Å²) in [5.41, 5.74) is 38.1. The monoisotopic (exact) mass is 2000 g/mol. The average molecular weight is 2000 g/mol. The van der Waals surface area contributed by atoms with Gasteiger partial charge in [0, 0.05) is 0 Å². The first-order valence-corrected chi connectivity index (χ1v) is 62.7. The maximum atomic E-state index is 2.49. The molecular formula is C150H198. The molecule has 0 heteroatoms. The third-order valence-electron chi connectivity index (χ3n) is 33.2. The lowest BCUT2D eigenvalue weighted by molar-refractivity contribution is 0.556. The molecule has 150 heavy (non-hydrogen) atoms. The molecule has 0 aliphatic rings. The van der Waals surface area contributed by atoms with E-state index in [1.165, 1.54) is 552 Å². The second-order valence-electron chi connectivity index (χ2n) is 45.5. The summed E-state index contributed by atoms with van der Waals surface area (Å²) >= 11 is 0. The van der Waals surface area contributed by atoms with E-state index in [1.807, 2.05) is 0 Å². The van der Waals surface area contributed by atoms with Gasteiger partial charge in [0.25, 0.3) is 0 Å². The molecule has 0 atom stereocenters. The van der Waals surface area contributed by atoms with Crippen LogP contribution in [-0.4, -0.2) is 0 Å². The lowest BCUT2D eigenvalue weighted by Crippen LogP contribution is -2.02. The fourth-order valence-corrected chi connectivity index (χ4v) is 23.5. The third kappa shape index (κ3) is 40.1. The van der Waals surface area contributed by atoms with Crippen LogP contribution in [0.15, 0.2) is 291 Å². The van der Waals surface area contributed by atoms with Crippen LogP contribution < -0.4 is 0 Å². The number of hydrogen-bond donors (Lipinski definition) is 0. The molecule has 0 radical (unpaired) electrons. The zero-order valence-electron chi connectivity index (χ0n) is 95.4. The highest BCUT2D eigenvalue weighted by Crippen LogP contribution is 2.57. The van der Waals surface area contributed by atoms with Gasteiger partial charge in [-0.25, -0.2) is 0 Å². The van der Waals surface area contributed by atoms with Gasteiger partial charge in [-0.15, -0.1) is 0 Å². The van der Waals surface area contributed by atoms with Gasteiger partial charge in [-0.05, 0) is 244 Å². The Kier molecular flexibility index (Phi) is 54.7. The van der Waals surface area contributed by atoms with Gasteiger partial charge >= 0.3 is 0 Å². The van der Waals surface area contributed by atoms with Crippen LogP contribution in [0.3, 0.4) is 0 Å². The molecule has 798 valence electrons. The van der Waals surface area contributed by atoms with E-state index in [0.29, 0.717) is 0 Å². The minimum absolute atomic E-state index is 1.13. The summed E-state index contributed by atoms with van der Waals surface area (Å²) < 4.78 is 0. The zero-order valence-corrected chi connectivity index (χ0v) is 95.4. The van der Waals surface area contributed by atoms with E-state index in [4.69, 9.17) is 0 Å². The van der Waals surface area contributed by atoms with E-state index in [0.717, 1.165) is 38.5 Å². The Labute approximate surface area is 916 Å². The van der Waals surface area contributed by atoms with Crippen molar-refractivity contribution >= 4 is 0 Å². The van der Waals surface area contributed by atoms with Crippen LogP contribution in [0.25, 0.3) is 134 Å². The maximum absolute atomic E-state index is 2.49. The van der Waals surface area contributed by atoms with Gasteiger partial charge in [-0.2, -0.15) is 0 Å². The van der Waals surface area contributed by atoms with Crippen molar-refractivity contribution in [1.29, 1.82) is 0 Å². The first-order chi connectivity index (χ1) is 74.3. The second kappa shape index (κ2) is 70.2. The van der Waals surface area contributed by atoms with Crippen LogP contribution in [0.2, 0.25) is 0 Å². The van der Waals surface area contributed by atoms with Gasteiger partial charge in [-0.3, -0.25) is 0 Å². The molecule has 13 aromatic carbocycles. The highest BCUT2D eigenvalue weighted by molar-refractivity contribution is 6.15. The van der Waals surface area contributed by atoms with E-state index in [-0.39, 0.29) is 0 Å². The number of unbranched alkanes of at least 4 members (excludes halogenated alkanes) is 54. The smallest absolute Gasteiger partial charge is 0.00139 e. The molecule has 0 aliphatic heterocycles. The molecule has 0 unspecified atom stereocenters. The molecule has 0 saturated heterocycles. The Balaban J connectivity index is 0.957. The Morgan fingerprint density at radius 2 is 0.153 bits per heavy atom. The Morgan fingerprint density at radius 1 is 0.0800 bits per heavy atom. The predicted molar refractivity (Wildman–Crippen MR) is 665 cm³/mol. The van der Waals surface area contributed by atoms with Crippen LogP contribution in [0.5, 0.6) is 0 Å². The highest BCUT2D eigenvalue weighted by atomic mass is 14.3. The zero-order chi connectivity index (χ0) is 104. The number of aryl methyl sites for hydroxylation is 6. The van der Waals surface area contributed by atoms with Crippen molar-refractivity contribution in [3.05, 3.63) is 325 Å². The maximum Gasteiger partial charge on any atom is -0.00139 e. The normalized spacial score (nSPS) is 11.6. The number of hydrogen-bond acceptors (Lipinski definition) is 0. The van der Waals surface area contributed by atoms with Gasteiger partial charge in [0.15, 0.2) is 0 Å². The molecular weight excluding hydrogens is 1800 g/mol. The van der Waals surface area contributed by atoms with Gasteiger partial charge in [-0.1, -0.05) is 679 Å². The quantitative estimate of drug-likeness (QED) is 0.0333. The molecule has 0 aromatic heterocycles. The molecule has 0 spiro atoms. The molecule has 0 fully saturated rings. The first-order valence-electron chi connectivity index (χ1n) is 62.7. The van der Waals surface area contributed by atoms with Crippen molar-refractivity contribution in [3.8, 4) is 134 Å². The minimum atomic E-state index is 1.13. The first kappa shape index (κ1) is 117. The Bertz CT molecular complexity index is 4750. The molecule has 0 bridgehead atoms. The van der Waals surface area contributed by atoms with E-state index >= 15 is 0 Å². The topological polar surface area (TPSA) is 0 Å². The average Bonchev–Trinajstić information content (AvgIpc) is 0.710. The van der Waals surface area contributed by atoms with Crippen molar-refractivity contribution in [2.75, 3.05) is 0 Å². The van der Waals surface area contributed by atoms with Crippen LogP contribution in [0.4, 0.5) is 0 Å². The molecule has 0 saturated carbocycles. The molecule has 13 rings (SSSR count). The van der Waals surface area contributed by atoms with Gasteiger partial charge < -0.3 is 0 Å². The highest BCUT2D eigenvalue weighted by Gasteiger charge is 2.31. The molecule has 0 amide bonds. The molecule has 0 nitrogen and oxygen atoms in total. The molecule has 0 heterocycles. The fraction of sp³-hybridized carbons (Fsp3) is 0.480. The van der Waals surface area contributed by atoms with Gasteiger partial charge in [0.2, 0.25) is 0 Å². The van der Waals surface area contributed by atoms with Crippen molar-refractivity contribution in [2.24, 2.45) is 0 Å².